The number of benzene rings is 2. The Bertz CT molecular complexity index is 1100. The van der Waals surface area contributed by atoms with E-state index in [-0.39, 0.29) is 41.9 Å². The number of rotatable bonds is 8. The van der Waals surface area contributed by atoms with E-state index in [0.717, 1.165) is 33.3 Å². The van der Waals surface area contributed by atoms with Crippen LogP contribution in [0.15, 0.2) is 54.6 Å². The molecule has 0 saturated heterocycles. The van der Waals surface area contributed by atoms with E-state index in [1.165, 1.54) is 0 Å². The summed E-state index contributed by atoms with van der Waals surface area (Å²) in [5.41, 5.74) is 4.56. The standard InChI is InChI=1S/C25H26ClNO4.Na/c1-15(2)25-21(12-11-18(28)13-19(29)14-23(30)31)24(16-7-9-17(26)10-8-16)20-5-3-4-6-22(20)27-25;/h3-12,15,18-19,28-29H,13-14H2,1-2H3,(H,30,31);/q;+1/p-1/b12-11+;. The molecule has 2 unspecified atom stereocenters. The molecule has 2 N–H and O–H groups in total. The van der Waals surface area contributed by atoms with Crippen LogP contribution >= 0.6 is 11.6 Å². The van der Waals surface area contributed by atoms with Gasteiger partial charge in [0, 0.05) is 40.3 Å². The van der Waals surface area contributed by atoms with Crippen LogP contribution in [-0.2, 0) is 4.79 Å². The number of aliphatic hydroxyl groups excluding tert-OH is 2. The summed E-state index contributed by atoms with van der Waals surface area (Å²) in [5.74, 6) is -1.23. The Labute approximate surface area is 215 Å². The molecule has 0 spiro atoms. The van der Waals surface area contributed by atoms with Gasteiger partial charge in [0.15, 0.2) is 0 Å². The molecular formula is C25H25ClNNaO4. The molecule has 1 aromatic heterocycles. The molecule has 0 amide bonds. The van der Waals surface area contributed by atoms with Crippen molar-refractivity contribution in [2.45, 2.75) is 44.8 Å². The van der Waals surface area contributed by atoms with Crippen molar-refractivity contribution in [3.05, 3.63) is 70.9 Å². The van der Waals surface area contributed by atoms with Crippen molar-refractivity contribution in [2.24, 2.45) is 0 Å². The van der Waals surface area contributed by atoms with Gasteiger partial charge in [-0.15, -0.1) is 0 Å². The molecule has 7 heteroatoms. The summed E-state index contributed by atoms with van der Waals surface area (Å²) in [4.78, 5) is 15.5. The van der Waals surface area contributed by atoms with Crippen molar-refractivity contribution in [1.29, 1.82) is 0 Å². The summed E-state index contributed by atoms with van der Waals surface area (Å²) in [6.07, 6.45) is 0.553. The number of aliphatic carboxylic acids is 1. The minimum absolute atomic E-state index is 0. The zero-order chi connectivity index (χ0) is 22.5. The Hall–Kier alpha value is -1.73. The van der Waals surface area contributed by atoms with Crippen LogP contribution in [0, 0.1) is 0 Å². The van der Waals surface area contributed by atoms with E-state index in [1.54, 1.807) is 12.2 Å². The predicted octanol–water partition coefficient (Wildman–Crippen LogP) is 0.948. The van der Waals surface area contributed by atoms with Gasteiger partial charge in [-0.25, -0.2) is 0 Å². The number of carbonyl (C=O) groups excluding carboxylic acids is 1. The molecule has 0 bridgehead atoms. The number of para-hydroxylation sites is 1. The van der Waals surface area contributed by atoms with Crippen LogP contribution in [0.4, 0.5) is 0 Å². The first kappa shape index (κ1) is 26.5. The first-order valence-electron chi connectivity index (χ1n) is 10.2. The third kappa shape index (κ3) is 6.64. The zero-order valence-electron chi connectivity index (χ0n) is 18.5. The smallest absolute Gasteiger partial charge is 0.550 e. The monoisotopic (exact) mass is 461 g/mol. The van der Waals surface area contributed by atoms with E-state index in [2.05, 4.69) is 13.8 Å². The van der Waals surface area contributed by atoms with E-state index in [0.29, 0.717) is 5.02 Å². The van der Waals surface area contributed by atoms with Crippen LogP contribution < -0.4 is 34.7 Å². The molecule has 1 heterocycles. The minimum Gasteiger partial charge on any atom is -0.550 e. The summed E-state index contributed by atoms with van der Waals surface area (Å²) >= 11 is 6.10. The Balaban J connectivity index is 0.00000363. The molecule has 0 radical (unpaired) electrons. The van der Waals surface area contributed by atoms with Crippen LogP contribution in [0.1, 0.15) is 43.9 Å². The van der Waals surface area contributed by atoms with Crippen molar-refractivity contribution >= 4 is 34.5 Å². The molecule has 0 aliphatic carbocycles. The molecule has 162 valence electrons. The average Bonchev–Trinajstić information content (AvgIpc) is 2.71. The number of hydrogen-bond acceptors (Lipinski definition) is 5. The Kier molecular flexibility index (Phi) is 9.89. The predicted molar refractivity (Wildman–Crippen MR) is 122 cm³/mol. The number of fused-ring (bicyclic) bond motifs is 1. The topological polar surface area (TPSA) is 93.5 Å². The molecule has 0 fully saturated rings. The van der Waals surface area contributed by atoms with Crippen molar-refractivity contribution in [3.8, 4) is 11.1 Å². The van der Waals surface area contributed by atoms with Gasteiger partial charge >= 0.3 is 29.6 Å². The van der Waals surface area contributed by atoms with Gasteiger partial charge in [0.25, 0.3) is 0 Å². The van der Waals surface area contributed by atoms with Crippen LogP contribution in [0.25, 0.3) is 28.1 Å². The Morgan fingerprint density at radius 2 is 1.78 bits per heavy atom. The first-order chi connectivity index (χ1) is 14.8. The second kappa shape index (κ2) is 11.9. The van der Waals surface area contributed by atoms with E-state index >= 15 is 0 Å². The molecule has 0 aliphatic heterocycles. The van der Waals surface area contributed by atoms with Crippen LogP contribution in [0.5, 0.6) is 0 Å². The van der Waals surface area contributed by atoms with Gasteiger partial charge in [-0.05, 0) is 29.7 Å². The molecular weight excluding hydrogens is 437 g/mol. The second-order valence-electron chi connectivity index (χ2n) is 7.86. The number of aliphatic hydroxyl groups is 2. The van der Waals surface area contributed by atoms with Crippen molar-refractivity contribution < 1.29 is 49.7 Å². The summed E-state index contributed by atoms with van der Waals surface area (Å²) in [7, 11) is 0. The third-order valence-corrected chi connectivity index (χ3v) is 5.29. The molecule has 3 rings (SSSR count). The third-order valence-electron chi connectivity index (χ3n) is 5.04. The fourth-order valence-corrected chi connectivity index (χ4v) is 3.75. The van der Waals surface area contributed by atoms with Gasteiger partial charge in [0.2, 0.25) is 0 Å². The van der Waals surface area contributed by atoms with Gasteiger partial charge in [-0.2, -0.15) is 0 Å². The molecule has 2 atom stereocenters. The number of pyridine rings is 1. The number of aromatic nitrogens is 1. The number of carboxylic acids is 1. The van der Waals surface area contributed by atoms with Gasteiger partial charge in [-0.1, -0.05) is 67.9 Å². The molecule has 0 saturated carbocycles. The summed E-state index contributed by atoms with van der Waals surface area (Å²) < 4.78 is 0. The fraction of sp³-hybridized carbons (Fsp3) is 0.280. The van der Waals surface area contributed by atoms with Crippen molar-refractivity contribution in [2.75, 3.05) is 0 Å². The van der Waals surface area contributed by atoms with Gasteiger partial charge in [-0.3, -0.25) is 4.98 Å². The average molecular weight is 462 g/mol. The van der Waals surface area contributed by atoms with E-state index in [4.69, 9.17) is 16.6 Å². The fourth-order valence-electron chi connectivity index (χ4n) is 3.62. The maximum atomic E-state index is 10.7. The zero-order valence-corrected chi connectivity index (χ0v) is 21.2. The molecule has 2 aromatic carbocycles. The van der Waals surface area contributed by atoms with Gasteiger partial charge < -0.3 is 20.1 Å². The van der Waals surface area contributed by atoms with Crippen molar-refractivity contribution in [1.82, 2.24) is 4.98 Å². The summed E-state index contributed by atoms with van der Waals surface area (Å²) in [6, 6.07) is 15.4. The maximum Gasteiger partial charge on any atom is 1.00 e. The number of carboxylic acid groups (broad SMARTS) is 1. The van der Waals surface area contributed by atoms with Gasteiger partial charge in [0.1, 0.15) is 0 Å². The number of nitrogens with zero attached hydrogens (tertiary/aromatic N) is 1. The number of halogens is 1. The van der Waals surface area contributed by atoms with Crippen LogP contribution in [0.3, 0.4) is 0 Å². The second-order valence-corrected chi connectivity index (χ2v) is 8.29. The number of carbonyl (C=O) groups is 1. The molecule has 32 heavy (non-hydrogen) atoms. The van der Waals surface area contributed by atoms with Crippen molar-refractivity contribution in [3.63, 3.8) is 0 Å². The van der Waals surface area contributed by atoms with Crippen LogP contribution in [-0.4, -0.2) is 33.4 Å². The van der Waals surface area contributed by atoms with Gasteiger partial charge in [0.05, 0.1) is 23.4 Å². The quantitative estimate of drug-likeness (QED) is 0.487. The SMILES string of the molecule is CC(C)c1nc2ccccc2c(-c2ccc(Cl)cc2)c1/C=C/C(O)CC(O)CC(=O)[O-].[Na+]. The Morgan fingerprint density at radius 3 is 2.41 bits per heavy atom. The molecule has 3 aromatic rings. The molecule has 0 aliphatic rings. The molecule has 5 nitrogen and oxygen atoms in total. The van der Waals surface area contributed by atoms with E-state index in [1.807, 2.05) is 48.5 Å². The largest absolute Gasteiger partial charge is 1.00 e. The summed E-state index contributed by atoms with van der Waals surface area (Å²) in [5, 5.41) is 32.4. The number of hydrogen-bond donors (Lipinski definition) is 2. The van der Waals surface area contributed by atoms with E-state index in [9.17, 15) is 20.1 Å². The van der Waals surface area contributed by atoms with E-state index < -0.39 is 24.6 Å². The maximum absolute atomic E-state index is 10.7. The minimum atomic E-state index is -1.35. The Morgan fingerprint density at radius 1 is 1.12 bits per heavy atom. The van der Waals surface area contributed by atoms with Crippen LogP contribution in [0.2, 0.25) is 5.02 Å². The summed E-state index contributed by atoms with van der Waals surface area (Å²) in [6.45, 7) is 4.11. The normalized spacial score (nSPS) is 13.3. The first-order valence-corrected chi connectivity index (χ1v) is 10.6.